The molecule has 30 heavy (non-hydrogen) atoms. The Balaban J connectivity index is 1.61. The van der Waals surface area contributed by atoms with E-state index in [1.165, 1.54) is 23.1 Å². The first kappa shape index (κ1) is 20.4. The molecule has 0 bridgehead atoms. The summed E-state index contributed by atoms with van der Waals surface area (Å²) in [6.07, 6.45) is 0. The second kappa shape index (κ2) is 8.85. The Hall–Kier alpha value is -2.90. The van der Waals surface area contributed by atoms with Crippen molar-refractivity contribution in [2.24, 2.45) is 0 Å². The number of thiophene rings is 1. The van der Waals surface area contributed by atoms with Gasteiger partial charge in [-0.25, -0.2) is 4.98 Å². The van der Waals surface area contributed by atoms with Gasteiger partial charge in [0.2, 0.25) is 5.91 Å². The van der Waals surface area contributed by atoms with Crippen molar-refractivity contribution in [2.75, 3.05) is 5.75 Å². The molecular weight excluding hydrogens is 414 g/mol. The highest BCUT2D eigenvalue weighted by atomic mass is 32.2. The van der Waals surface area contributed by atoms with Gasteiger partial charge in [-0.3, -0.25) is 14.2 Å². The summed E-state index contributed by atoms with van der Waals surface area (Å²) < 4.78 is 2.25. The number of carbonyl (C=O) groups excluding carboxylic acids is 1. The number of hydrogen-bond acceptors (Lipinski definition) is 5. The van der Waals surface area contributed by atoms with Crippen molar-refractivity contribution < 1.29 is 4.79 Å². The molecule has 152 valence electrons. The molecular formula is C23H21N3O2S2. The monoisotopic (exact) mass is 435 g/mol. The van der Waals surface area contributed by atoms with E-state index in [2.05, 4.69) is 10.3 Å². The van der Waals surface area contributed by atoms with Gasteiger partial charge >= 0.3 is 0 Å². The van der Waals surface area contributed by atoms with Crippen molar-refractivity contribution in [1.29, 1.82) is 0 Å². The molecule has 0 spiro atoms. The Kier molecular flexibility index (Phi) is 6.01. The molecule has 0 saturated heterocycles. The van der Waals surface area contributed by atoms with Gasteiger partial charge in [-0.1, -0.05) is 59.8 Å². The zero-order chi connectivity index (χ0) is 21.1. The minimum atomic E-state index is -0.103. The third-order valence-electron chi connectivity index (χ3n) is 4.71. The molecule has 4 aromatic rings. The number of nitrogens with one attached hydrogen (secondary N) is 1. The van der Waals surface area contributed by atoms with Crippen molar-refractivity contribution in [1.82, 2.24) is 14.9 Å². The van der Waals surface area contributed by atoms with Crippen LogP contribution in [0.2, 0.25) is 0 Å². The molecule has 2 aromatic heterocycles. The third-order valence-corrected chi connectivity index (χ3v) is 6.54. The number of aryl methyl sites for hydroxylation is 2. The lowest BCUT2D eigenvalue weighted by Crippen LogP contribution is -2.26. The molecule has 2 aromatic carbocycles. The highest BCUT2D eigenvalue weighted by Gasteiger charge is 2.17. The van der Waals surface area contributed by atoms with Crippen molar-refractivity contribution in [3.05, 3.63) is 87.0 Å². The summed E-state index contributed by atoms with van der Waals surface area (Å²) in [6, 6.07) is 17.6. The van der Waals surface area contributed by atoms with E-state index in [-0.39, 0.29) is 17.2 Å². The van der Waals surface area contributed by atoms with E-state index in [9.17, 15) is 9.59 Å². The van der Waals surface area contributed by atoms with Crippen LogP contribution >= 0.6 is 23.1 Å². The summed E-state index contributed by atoms with van der Waals surface area (Å²) in [5, 5.41) is 5.31. The van der Waals surface area contributed by atoms with Crippen LogP contribution in [0.25, 0.3) is 15.9 Å². The lowest BCUT2D eigenvalue weighted by atomic mass is 10.1. The zero-order valence-electron chi connectivity index (χ0n) is 16.7. The van der Waals surface area contributed by atoms with E-state index in [0.717, 1.165) is 22.4 Å². The van der Waals surface area contributed by atoms with Gasteiger partial charge in [0.05, 0.1) is 17.0 Å². The van der Waals surface area contributed by atoms with Gasteiger partial charge in [0.15, 0.2) is 5.16 Å². The van der Waals surface area contributed by atoms with Crippen LogP contribution in [-0.4, -0.2) is 21.2 Å². The van der Waals surface area contributed by atoms with Crippen LogP contribution in [0, 0.1) is 13.8 Å². The van der Waals surface area contributed by atoms with Gasteiger partial charge < -0.3 is 5.32 Å². The highest BCUT2D eigenvalue weighted by Crippen LogP contribution is 2.25. The van der Waals surface area contributed by atoms with Crippen LogP contribution in [-0.2, 0) is 11.3 Å². The molecule has 5 nitrogen and oxygen atoms in total. The summed E-state index contributed by atoms with van der Waals surface area (Å²) in [5.74, 6) is 0.0792. The van der Waals surface area contributed by atoms with Crippen molar-refractivity contribution >= 4 is 39.2 Å². The van der Waals surface area contributed by atoms with Gasteiger partial charge in [-0.05, 0) is 42.5 Å². The molecule has 0 fully saturated rings. The molecule has 2 heterocycles. The van der Waals surface area contributed by atoms with E-state index in [1.54, 1.807) is 4.57 Å². The smallest absolute Gasteiger partial charge is 0.276 e. The van der Waals surface area contributed by atoms with Gasteiger partial charge in [-0.15, -0.1) is 11.3 Å². The number of fused-ring (bicyclic) bond motifs is 1. The van der Waals surface area contributed by atoms with Crippen molar-refractivity contribution in [3.8, 4) is 5.69 Å². The van der Waals surface area contributed by atoms with Crippen molar-refractivity contribution in [2.45, 2.75) is 25.5 Å². The number of thioether (sulfide) groups is 1. The summed E-state index contributed by atoms with van der Waals surface area (Å²) in [6.45, 7) is 4.47. The predicted octanol–water partition coefficient (Wildman–Crippen LogP) is 4.47. The fourth-order valence-corrected chi connectivity index (χ4v) is 4.83. The number of hydrogen-bond donors (Lipinski definition) is 1. The first-order valence-corrected chi connectivity index (χ1v) is 11.4. The molecule has 7 heteroatoms. The van der Waals surface area contributed by atoms with E-state index in [0.29, 0.717) is 21.9 Å². The molecule has 0 atom stereocenters. The fourth-order valence-electron chi connectivity index (χ4n) is 3.24. The fraction of sp³-hybridized carbons (Fsp3) is 0.174. The Morgan fingerprint density at radius 2 is 1.93 bits per heavy atom. The Morgan fingerprint density at radius 1 is 1.13 bits per heavy atom. The quantitative estimate of drug-likeness (QED) is 0.358. The average molecular weight is 436 g/mol. The summed E-state index contributed by atoms with van der Waals surface area (Å²) in [5.41, 5.74) is 4.52. The molecule has 0 saturated carbocycles. The van der Waals surface area contributed by atoms with E-state index < -0.39 is 0 Å². The van der Waals surface area contributed by atoms with Crippen LogP contribution in [0.5, 0.6) is 0 Å². The first-order valence-electron chi connectivity index (χ1n) is 9.54. The van der Waals surface area contributed by atoms with Crippen LogP contribution in [0.3, 0.4) is 0 Å². The van der Waals surface area contributed by atoms with Crippen LogP contribution in [0.4, 0.5) is 0 Å². The number of amides is 1. The molecule has 0 unspecified atom stereocenters. The Labute approximate surface area is 182 Å². The standard InChI is InChI=1S/C23H21N3O2S2/c1-15-8-9-19(16(2)12-15)26-22(28)21-18(10-11-29-21)25-23(26)30-14-20(27)24-13-17-6-4-3-5-7-17/h3-12H,13-14H2,1-2H3,(H,24,27). The largest absolute Gasteiger partial charge is 0.351 e. The molecule has 4 rings (SSSR count). The number of nitrogens with zero attached hydrogens (tertiary/aromatic N) is 2. The molecule has 0 aliphatic carbocycles. The summed E-state index contributed by atoms with van der Waals surface area (Å²) in [7, 11) is 0. The molecule has 0 aliphatic heterocycles. The predicted molar refractivity (Wildman–Crippen MR) is 124 cm³/mol. The van der Waals surface area contributed by atoms with Crippen LogP contribution < -0.4 is 10.9 Å². The lowest BCUT2D eigenvalue weighted by molar-refractivity contribution is -0.118. The van der Waals surface area contributed by atoms with E-state index in [4.69, 9.17) is 0 Å². The topological polar surface area (TPSA) is 64.0 Å². The van der Waals surface area contributed by atoms with E-state index >= 15 is 0 Å². The number of aromatic nitrogens is 2. The minimum absolute atomic E-state index is 0.101. The molecule has 1 N–H and O–H groups in total. The number of rotatable bonds is 6. The second-order valence-corrected chi connectivity index (χ2v) is 8.87. The van der Waals surface area contributed by atoms with Crippen LogP contribution in [0.15, 0.2) is 69.9 Å². The SMILES string of the molecule is Cc1ccc(-n2c(SCC(=O)NCc3ccccc3)nc3ccsc3c2=O)c(C)c1. The Bertz CT molecular complexity index is 1260. The maximum absolute atomic E-state index is 13.2. The number of benzene rings is 2. The maximum Gasteiger partial charge on any atom is 0.276 e. The first-order chi connectivity index (χ1) is 14.5. The highest BCUT2D eigenvalue weighted by molar-refractivity contribution is 7.99. The number of carbonyl (C=O) groups is 1. The Morgan fingerprint density at radius 3 is 2.70 bits per heavy atom. The summed E-state index contributed by atoms with van der Waals surface area (Å²) >= 11 is 2.66. The normalized spacial score (nSPS) is 11.0. The van der Waals surface area contributed by atoms with Gasteiger partial charge in [0.1, 0.15) is 4.70 Å². The molecule has 0 aliphatic rings. The average Bonchev–Trinajstić information content (AvgIpc) is 3.21. The third kappa shape index (κ3) is 4.32. The van der Waals surface area contributed by atoms with E-state index in [1.807, 2.05) is 73.8 Å². The lowest BCUT2D eigenvalue weighted by Gasteiger charge is -2.14. The van der Waals surface area contributed by atoms with Gasteiger partial charge in [0.25, 0.3) is 5.56 Å². The maximum atomic E-state index is 13.2. The van der Waals surface area contributed by atoms with Gasteiger partial charge in [0, 0.05) is 6.54 Å². The van der Waals surface area contributed by atoms with Crippen LogP contribution in [0.1, 0.15) is 16.7 Å². The molecule has 1 amide bonds. The van der Waals surface area contributed by atoms with Gasteiger partial charge in [-0.2, -0.15) is 0 Å². The second-order valence-electron chi connectivity index (χ2n) is 7.01. The summed E-state index contributed by atoms with van der Waals surface area (Å²) in [4.78, 5) is 30.3. The molecule has 0 radical (unpaired) electrons. The minimum Gasteiger partial charge on any atom is -0.351 e. The van der Waals surface area contributed by atoms with Crippen molar-refractivity contribution in [3.63, 3.8) is 0 Å². The zero-order valence-corrected chi connectivity index (χ0v) is 18.3.